The van der Waals surface area contributed by atoms with Gasteiger partial charge >= 0.3 is 12.5 Å². The number of hydrogen-bond acceptors (Lipinski definition) is 6. The van der Waals surface area contributed by atoms with Crippen LogP contribution in [0, 0.1) is 0 Å². The molecule has 0 radical (unpaired) electrons. The first kappa shape index (κ1) is 23.0. The summed E-state index contributed by atoms with van der Waals surface area (Å²) in [6, 6.07) is 6.26. The van der Waals surface area contributed by atoms with Crippen LogP contribution in [0.3, 0.4) is 0 Å². The Bertz CT molecular complexity index is 842. The van der Waals surface area contributed by atoms with E-state index in [1.54, 1.807) is 30.3 Å². The Kier molecular flexibility index (Phi) is 8.29. The van der Waals surface area contributed by atoms with Crippen LogP contribution in [-0.4, -0.2) is 81.7 Å². The van der Waals surface area contributed by atoms with E-state index in [0.29, 0.717) is 18.3 Å². The summed E-state index contributed by atoms with van der Waals surface area (Å²) in [6.45, 7) is -0.364. The van der Waals surface area contributed by atoms with Crippen molar-refractivity contribution in [2.75, 3.05) is 13.1 Å². The number of nitrogens with two attached hydrogens (primary N) is 1. The minimum atomic E-state index is -3.75. The zero-order chi connectivity index (χ0) is 21.4. The number of nitrogens with one attached hydrogen (secondary N) is 2. The Labute approximate surface area is 171 Å². The Morgan fingerprint density at radius 3 is 2.59 bits per heavy atom. The summed E-state index contributed by atoms with van der Waals surface area (Å²) in [5, 5.41) is 14.0. The molecule has 0 aromatic heterocycles. The molecule has 5 N–H and O–H groups in total. The highest BCUT2D eigenvalue weighted by Gasteiger charge is 2.39. The highest BCUT2D eigenvalue weighted by atomic mass is 32.2. The first-order valence-corrected chi connectivity index (χ1v) is 10.9. The molecule has 2 unspecified atom stereocenters. The molecule has 1 aromatic carbocycles. The van der Waals surface area contributed by atoms with Crippen molar-refractivity contribution in [2.24, 2.45) is 5.64 Å². The number of aliphatic carboxylic acids is 1. The molecular weight excluding hydrogens is 397 g/mol. The number of amides is 2. The third-order valence-electron chi connectivity index (χ3n) is 4.54. The van der Waals surface area contributed by atoms with Gasteiger partial charge in [-0.05, 0) is 12.8 Å². The monoisotopic (exact) mass is 420 g/mol. The fourth-order valence-corrected chi connectivity index (χ4v) is 4.88. The van der Waals surface area contributed by atoms with Crippen LogP contribution in [0.25, 0.3) is 0 Å². The number of carbonyl (C=O) groups is 3. The number of carboxylic acid groups (broad SMARTS) is 1. The number of benzene rings is 1. The lowest BCUT2D eigenvalue weighted by atomic mass is 9.47. The summed E-state index contributed by atoms with van der Waals surface area (Å²) in [4.78, 5) is 35.5. The quantitative estimate of drug-likeness (QED) is 0.285. The molecule has 1 aliphatic heterocycles. The molecule has 0 saturated carbocycles. The van der Waals surface area contributed by atoms with Crippen molar-refractivity contribution >= 4 is 54.1 Å². The Balaban J connectivity index is 2.04. The Morgan fingerprint density at radius 1 is 1.28 bits per heavy atom. The van der Waals surface area contributed by atoms with E-state index in [4.69, 9.17) is 5.64 Å². The highest BCUT2D eigenvalue weighted by Crippen LogP contribution is 2.21. The standard InChI is InChI=1S/C15H23B3N4O6S/c19-18-16-15(26)20-9-11(14(24)25)21-13(23)12-7-4-8-22(12)29(27,28)17-10-5-2-1-3-6-10/h1-3,5-6,11-12,16-18H,4,7-9,19H2,(H,20,26)(H,21,23)(H,24,25). The lowest BCUT2D eigenvalue weighted by Crippen LogP contribution is -2.55. The van der Waals surface area contributed by atoms with Crippen LogP contribution in [0.5, 0.6) is 0 Å². The fraction of sp³-hybridized carbons (Fsp3) is 0.400. The van der Waals surface area contributed by atoms with Gasteiger partial charge in [0.25, 0.3) is 0 Å². The van der Waals surface area contributed by atoms with E-state index in [0.717, 1.165) is 4.31 Å². The second-order valence-corrected chi connectivity index (χ2v) is 8.67. The van der Waals surface area contributed by atoms with Gasteiger partial charge in [-0.15, -0.1) is 0 Å². The van der Waals surface area contributed by atoms with E-state index >= 15 is 0 Å². The minimum Gasteiger partial charge on any atom is -0.480 e. The zero-order valence-corrected chi connectivity index (χ0v) is 16.7. The van der Waals surface area contributed by atoms with Gasteiger partial charge in [-0.3, -0.25) is 9.59 Å². The van der Waals surface area contributed by atoms with E-state index in [-0.39, 0.29) is 34.1 Å². The zero-order valence-electron chi connectivity index (χ0n) is 15.9. The van der Waals surface area contributed by atoms with Crippen LogP contribution >= 0.6 is 0 Å². The number of nitrogens with zero attached hydrogens (tertiary/aromatic N) is 1. The molecule has 2 atom stereocenters. The van der Waals surface area contributed by atoms with Gasteiger partial charge < -0.3 is 21.4 Å². The summed E-state index contributed by atoms with van der Waals surface area (Å²) in [5.41, 5.74) is 5.86. The Hall–Kier alpha value is -2.31. The molecule has 154 valence electrons. The topological polar surface area (TPSA) is 159 Å². The molecule has 10 nitrogen and oxygen atoms in total. The van der Waals surface area contributed by atoms with Crippen LogP contribution in [0.15, 0.2) is 30.3 Å². The molecule has 0 spiro atoms. The summed E-state index contributed by atoms with van der Waals surface area (Å²) in [6.07, 6.45) is 0.794. The summed E-state index contributed by atoms with van der Waals surface area (Å²) in [5.74, 6) is -2.45. The van der Waals surface area contributed by atoms with Crippen molar-refractivity contribution in [3.63, 3.8) is 0 Å². The van der Waals surface area contributed by atoms with E-state index in [1.165, 1.54) is 0 Å². The first-order chi connectivity index (χ1) is 13.7. The van der Waals surface area contributed by atoms with E-state index < -0.39 is 39.6 Å². The molecule has 2 amide bonds. The molecular formula is C15H23B3N4O6S. The number of hydrogen-bond donors (Lipinski definition) is 4. The molecule has 1 saturated heterocycles. The van der Waals surface area contributed by atoms with E-state index in [1.807, 2.05) is 0 Å². The van der Waals surface area contributed by atoms with Crippen molar-refractivity contribution in [1.29, 1.82) is 0 Å². The third kappa shape index (κ3) is 6.62. The highest BCUT2D eigenvalue weighted by molar-refractivity contribution is 8.14. The molecule has 1 aromatic rings. The fourth-order valence-electron chi connectivity index (χ4n) is 3.11. The van der Waals surface area contributed by atoms with Crippen molar-refractivity contribution in [1.82, 2.24) is 14.9 Å². The molecule has 29 heavy (non-hydrogen) atoms. The molecule has 0 bridgehead atoms. The van der Waals surface area contributed by atoms with Crippen molar-refractivity contribution in [3.8, 4) is 0 Å². The maximum atomic E-state index is 12.8. The predicted molar refractivity (Wildman–Crippen MR) is 113 cm³/mol. The minimum absolute atomic E-state index is 0.0361. The number of carboxylic acids is 1. The van der Waals surface area contributed by atoms with Gasteiger partial charge in [-0.1, -0.05) is 35.8 Å². The van der Waals surface area contributed by atoms with Crippen molar-refractivity contribution < 1.29 is 27.9 Å². The van der Waals surface area contributed by atoms with Gasteiger partial charge in [0, 0.05) is 13.1 Å². The Morgan fingerprint density at radius 2 is 1.97 bits per heavy atom. The van der Waals surface area contributed by atoms with E-state index in [9.17, 15) is 27.9 Å². The second-order valence-electron chi connectivity index (χ2n) is 6.75. The smallest absolute Gasteiger partial charge is 0.328 e. The summed E-state index contributed by atoms with van der Waals surface area (Å²) in [7, 11) is -3.60. The first-order valence-electron chi connectivity index (χ1n) is 9.28. The maximum Gasteiger partial charge on any atom is 0.328 e. The number of carbonyl (C=O) groups excluding carboxylic acids is 2. The maximum absolute atomic E-state index is 12.8. The van der Waals surface area contributed by atoms with Gasteiger partial charge in [0.1, 0.15) is 12.1 Å². The van der Waals surface area contributed by atoms with Crippen LogP contribution in [0.4, 0.5) is 4.79 Å². The SMILES string of the molecule is NBBC(=O)NCC(NC(=O)C1CCCN1S(=O)(=O)Bc1ccccc1)C(=O)O. The average molecular weight is 420 g/mol. The molecule has 1 aliphatic rings. The van der Waals surface area contributed by atoms with Gasteiger partial charge in [0.2, 0.25) is 13.1 Å². The molecule has 1 fully saturated rings. The van der Waals surface area contributed by atoms with Crippen LogP contribution in [0.1, 0.15) is 12.8 Å². The lowest BCUT2D eigenvalue weighted by molar-refractivity contribution is -0.142. The average Bonchev–Trinajstić information content (AvgIpc) is 3.16. The van der Waals surface area contributed by atoms with Crippen molar-refractivity contribution in [3.05, 3.63) is 30.3 Å². The van der Waals surface area contributed by atoms with Gasteiger partial charge in [0.15, 0.2) is 23.0 Å². The molecule has 2 rings (SSSR count). The molecule has 0 aliphatic carbocycles. The van der Waals surface area contributed by atoms with Crippen molar-refractivity contribution in [2.45, 2.75) is 24.9 Å². The van der Waals surface area contributed by atoms with Gasteiger partial charge in [0.05, 0.1) is 0 Å². The van der Waals surface area contributed by atoms with Gasteiger partial charge in [-0.25, -0.2) is 13.2 Å². The molecule has 1 heterocycles. The van der Waals surface area contributed by atoms with E-state index in [2.05, 4.69) is 10.6 Å². The van der Waals surface area contributed by atoms with Crippen LogP contribution < -0.4 is 21.7 Å². The van der Waals surface area contributed by atoms with Crippen LogP contribution in [-0.2, 0) is 19.5 Å². The summed E-state index contributed by atoms with van der Waals surface area (Å²) < 4.78 is 26.7. The summed E-state index contributed by atoms with van der Waals surface area (Å²) >= 11 is 0. The third-order valence-corrected chi connectivity index (χ3v) is 6.39. The largest absolute Gasteiger partial charge is 0.480 e. The molecule has 14 heteroatoms. The number of rotatable bonds is 10. The van der Waals surface area contributed by atoms with Gasteiger partial charge in [-0.2, -0.15) is 4.31 Å². The van der Waals surface area contributed by atoms with Crippen LogP contribution in [0.2, 0.25) is 0 Å². The normalized spacial score (nSPS) is 17.8. The predicted octanol–water partition coefficient (Wildman–Crippen LogP) is -3.60. The lowest BCUT2D eigenvalue weighted by Gasteiger charge is -2.25. The second kappa shape index (κ2) is 10.5.